The van der Waals surface area contributed by atoms with Crippen LogP contribution in [0, 0.1) is 5.92 Å². The molecule has 2 atom stereocenters. The molecule has 169 valence electrons. The van der Waals surface area contributed by atoms with Crippen LogP contribution < -0.4 is 10.6 Å². The number of piperazine rings is 1. The van der Waals surface area contributed by atoms with Crippen molar-refractivity contribution in [3.63, 3.8) is 0 Å². The number of ether oxygens (including phenoxy) is 1. The van der Waals surface area contributed by atoms with Crippen LogP contribution in [0.1, 0.15) is 35.5 Å². The summed E-state index contributed by atoms with van der Waals surface area (Å²) < 4.78 is 46.3. The number of amides is 1. The molecule has 0 spiro atoms. The molecule has 0 aromatic carbocycles. The van der Waals surface area contributed by atoms with Gasteiger partial charge in [0.2, 0.25) is 5.78 Å². The smallest absolute Gasteiger partial charge is 0.418 e. The van der Waals surface area contributed by atoms with Crippen molar-refractivity contribution < 1.29 is 27.5 Å². The van der Waals surface area contributed by atoms with Crippen LogP contribution in [0.5, 0.6) is 0 Å². The molecule has 4 heterocycles. The van der Waals surface area contributed by atoms with Crippen LogP contribution >= 0.6 is 0 Å². The third-order valence-corrected chi connectivity index (χ3v) is 5.70. The van der Waals surface area contributed by atoms with E-state index < -0.39 is 35.1 Å². The lowest BCUT2D eigenvalue weighted by atomic mass is 9.97. The monoisotopic (exact) mass is 448 g/mol. The Morgan fingerprint density at radius 1 is 1.25 bits per heavy atom. The maximum atomic E-state index is 13.6. The maximum absolute atomic E-state index is 13.6. The predicted octanol–water partition coefficient (Wildman–Crippen LogP) is 3.31. The van der Waals surface area contributed by atoms with E-state index in [-0.39, 0.29) is 29.4 Å². The second-order valence-corrected chi connectivity index (χ2v) is 8.09. The summed E-state index contributed by atoms with van der Waals surface area (Å²) in [5.41, 5.74) is 5.57. The van der Waals surface area contributed by atoms with Gasteiger partial charge in [0.1, 0.15) is 17.6 Å². The molecule has 2 fully saturated rings. The zero-order chi connectivity index (χ0) is 23.2. The minimum Gasteiger partial charge on any atom is -0.444 e. The van der Waals surface area contributed by atoms with Gasteiger partial charge in [0.05, 0.1) is 17.2 Å². The number of nitrogens with one attached hydrogen (secondary N) is 1. The molecule has 4 rings (SSSR count). The number of aromatic nitrogens is 2. The van der Waals surface area contributed by atoms with Crippen molar-refractivity contribution >= 4 is 23.5 Å². The van der Waals surface area contributed by atoms with E-state index in [1.54, 1.807) is 9.80 Å². The number of hydrogen-bond acceptors (Lipinski definition) is 6. The van der Waals surface area contributed by atoms with Crippen LogP contribution in [0.4, 0.5) is 29.6 Å². The number of hydrogen-bond donors (Lipinski definition) is 0. The number of pyridine rings is 2. The van der Waals surface area contributed by atoms with Crippen LogP contribution in [0.2, 0.25) is 0 Å². The van der Waals surface area contributed by atoms with E-state index in [0.29, 0.717) is 19.6 Å². The molecule has 0 saturated carbocycles. The Hall–Kier alpha value is -3.37. The van der Waals surface area contributed by atoms with E-state index in [9.17, 15) is 22.8 Å². The maximum Gasteiger partial charge on any atom is 0.418 e. The van der Waals surface area contributed by atoms with Crippen molar-refractivity contribution in [2.45, 2.75) is 32.2 Å². The molecule has 2 aromatic rings. The van der Waals surface area contributed by atoms with Crippen molar-refractivity contribution in [1.82, 2.24) is 20.6 Å². The van der Waals surface area contributed by atoms with Crippen LogP contribution in [0.25, 0.3) is 0 Å². The predicted molar refractivity (Wildman–Crippen MR) is 107 cm³/mol. The molecule has 1 N–H and O–H groups in total. The zero-order valence-corrected chi connectivity index (χ0v) is 17.4. The second-order valence-electron chi connectivity index (χ2n) is 8.09. The number of fused-ring (bicyclic) bond motifs is 1. The number of halogens is 3. The third kappa shape index (κ3) is 3.82. The van der Waals surface area contributed by atoms with Gasteiger partial charge in [-0.25, -0.2) is 14.8 Å². The lowest BCUT2D eigenvalue weighted by Crippen LogP contribution is -2.55. The first-order valence-electron chi connectivity index (χ1n) is 10.1. The fourth-order valence-electron chi connectivity index (χ4n) is 4.11. The van der Waals surface area contributed by atoms with Gasteiger partial charge >= 0.3 is 12.3 Å². The van der Waals surface area contributed by atoms with Gasteiger partial charge in [-0.3, -0.25) is 15.4 Å². The van der Waals surface area contributed by atoms with Crippen LogP contribution in [0.15, 0.2) is 30.5 Å². The first-order valence-corrected chi connectivity index (χ1v) is 10.1. The largest absolute Gasteiger partial charge is 0.444 e. The fraction of sp³-hybridized carbons (Fsp3) is 0.429. The minimum absolute atomic E-state index is 0.0626. The second kappa shape index (κ2) is 7.95. The summed E-state index contributed by atoms with van der Waals surface area (Å²) in [7, 11) is 0. The topological polar surface area (TPSA) is 99.4 Å². The highest BCUT2D eigenvalue weighted by Crippen LogP contribution is 2.35. The number of rotatable bonds is 4. The molecular formula is C21H21F3N5O3. The average molecular weight is 448 g/mol. The van der Waals surface area contributed by atoms with Gasteiger partial charge in [-0.1, -0.05) is 13.8 Å². The lowest BCUT2D eigenvalue weighted by Gasteiger charge is -2.38. The first-order chi connectivity index (χ1) is 15.1. The minimum atomic E-state index is -4.80. The number of ketones is 1. The molecular weight excluding hydrogens is 427 g/mol. The van der Waals surface area contributed by atoms with Gasteiger partial charge in [0, 0.05) is 25.8 Å². The summed E-state index contributed by atoms with van der Waals surface area (Å²) >= 11 is 0. The van der Waals surface area contributed by atoms with Crippen molar-refractivity contribution in [3.05, 3.63) is 47.3 Å². The van der Waals surface area contributed by atoms with E-state index in [1.165, 1.54) is 24.4 Å². The third-order valence-electron chi connectivity index (χ3n) is 5.70. The first kappa shape index (κ1) is 21.8. The normalized spacial score (nSPS) is 21.0. The number of nitrogens with zero attached hydrogens (tertiary/aromatic N) is 4. The molecule has 8 nitrogen and oxygen atoms in total. The van der Waals surface area contributed by atoms with E-state index in [1.807, 2.05) is 13.8 Å². The molecule has 2 aromatic heterocycles. The number of carbonyl (C=O) groups is 2. The highest BCUT2D eigenvalue weighted by atomic mass is 19.4. The number of cyclic esters (lactones) is 1. The molecule has 1 amide bonds. The molecule has 32 heavy (non-hydrogen) atoms. The van der Waals surface area contributed by atoms with Gasteiger partial charge in [-0.15, -0.1) is 0 Å². The van der Waals surface area contributed by atoms with Crippen LogP contribution in [-0.2, 0) is 10.9 Å². The van der Waals surface area contributed by atoms with Crippen molar-refractivity contribution in [1.29, 1.82) is 0 Å². The summed E-state index contributed by atoms with van der Waals surface area (Å²) in [5.74, 6) is -1.19. The SMILES string of the molecule is CC(C)C1OC(=O)N2CCN(c3ccc(C(F)(F)F)c(C(=O)c4cccnc4[NH])n3)CC12. The van der Waals surface area contributed by atoms with E-state index in [4.69, 9.17) is 10.5 Å². The molecule has 2 saturated heterocycles. The Labute approximate surface area is 182 Å². The molecule has 0 bridgehead atoms. The lowest BCUT2D eigenvalue weighted by molar-refractivity contribution is -0.138. The van der Waals surface area contributed by atoms with Gasteiger partial charge in [0.15, 0.2) is 5.82 Å². The summed E-state index contributed by atoms with van der Waals surface area (Å²) in [5, 5.41) is 0. The molecule has 11 heteroatoms. The summed E-state index contributed by atoms with van der Waals surface area (Å²) in [6.45, 7) is 4.84. The standard InChI is InChI=1S/C21H21F3N5O3/c1-11(2)18-14-10-28(8-9-29(14)20(31)32-18)15-6-5-13(21(22,23)24)16(27-15)17(30)12-4-3-7-26-19(12)25/h3-7,11,14,18,25H,8-10H2,1-2H3. The zero-order valence-electron chi connectivity index (χ0n) is 17.4. The van der Waals surface area contributed by atoms with Gasteiger partial charge in [-0.2, -0.15) is 13.2 Å². The molecule has 1 radical (unpaired) electrons. The number of alkyl halides is 3. The highest BCUT2D eigenvalue weighted by Gasteiger charge is 2.46. The van der Waals surface area contributed by atoms with Crippen LogP contribution in [0.3, 0.4) is 0 Å². The molecule has 2 unspecified atom stereocenters. The Bertz CT molecular complexity index is 1060. The number of carbonyl (C=O) groups excluding carboxylic acids is 2. The summed E-state index contributed by atoms with van der Waals surface area (Å²) in [6, 6.07) is 4.42. The van der Waals surface area contributed by atoms with Gasteiger partial charge in [-0.05, 0) is 30.2 Å². The van der Waals surface area contributed by atoms with E-state index >= 15 is 0 Å². The quantitative estimate of drug-likeness (QED) is 0.666. The fourth-order valence-corrected chi connectivity index (χ4v) is 4.11. The van der Waals surface area contributed by atoms with E-state index in [2.05, 4.69) is 9.97 Å². The average Bonchev–Trinajstić information content (AvgIpc) is 3.09. The Kier molecular flexibility index (Phi) is 5.43. The van der Waals surface area contributed by atoms with Gasteiger partial charge < -0.3 is 9.64 Å². The Balaban J connectivity index is 1.70. The summed E-state index contributed by atoms with van der Waals surface area (Å²) in [6.07, 6.45) is -4.26. The Morgan fingerprint density at radius 2 is 2.00 bits per heavy atom. The molecule has 2 aliphatic heterocycles. The van der Waals surface area contributed by atoms with Gasteiger partial charge in [0.25, 0.3) is 0 Å². The van der Waals surface area contributed by atoms with Crippen LogP contribution in [-0.4, -0.2) is 58.5 Å². The van der Waals surface area contributed by atoms with Crippen molar-refractivity contribution in [2.24, 2.45) is 5.92 Å². The van der Waals surface area contributed by atoms with Crippen molar-refractivity contribution in [3.8, 4) is 0 Å². The van der Waals surface area contributed by atoms with Crippen molar-refractivity contribution in [2.75, 3.05) is 24.5 Å². The Morgan fingerprint density at radius 3 is 2.66 bits per heavy atom. The molecule has 0 aliphatic carbocycles. The number of anilines is 1. The van der Waals surface area contributed by atoms with E-state index in [0.717, 1.165) is 6.07 Å². The summed E-state index contributed by atoms with van der Waals surface area (Å²) in [4.78, 5) is 36.2. The highest BCUT2D eigenvalue weighted by molar-refractivity contribution is 6.11. The molecule has 2 aliphatic rings.